The van der Waals surface area contributed by atoms with Crippen LogP contribution in [0.15, 0.2) is 30.3 Å². The van der Waals surface area contributed by atoms with Gasteiger partial charge in [-0.1, -0.05) is 66.5 Å². The second-order valence-corrected chi connectivity index (χ2v) is 8.99. The molecule has 0 spiro atoms. The lowest BCUT2D eigenvalue weighted by molar-refractivity contribution is -0.131. The highest BCUT2D eigenvalue weighted by molar-refractivity contribution is 7.80. The van der Waals surface area contributed by atoms with Crippen molar-refractivity contribution in [2.75, 3.05) is 7.11 Å². The average Bonchev–Trinajstić information content (AvgIpc) is 3.34. The molecule has 31 heavy (non-hydrogen) atoms. The number of hydrogen-bond acceptors (Lipinski definition) is 4. The fourth-order valence-electron chi connectivity index (χ4n) is 4.68. The van der Waals surface area contributed by atoms with Crippen LogP contribution in [0.3, 0.4) is 0 Å². The zero-order valence-corrected chi connectivity index (χ0v) is 19.8. The van der Waals surface area contributed by atoms with Gasteiger partial charge in [-0.2, -0.15) is 0 Å². The first-order valence-electron chi connectivity index (χ1n) is 10.5. The van der Waals surface area contributed by atoms with Crippen LogP contribution in [0.2, 0.25) is 5.02 Å². The summed E-state index contributed by atoms with van der Waals surface area (Å²) in [6.45, 7) is 5.39. The minimum atomic E-state index is -0.366. The molecule has 6 heteroatoms. The second kappa shape index (κ2) is 8.64. The Hall–Kier alpha value is -2.37. The number of hydrogen-bond donors (Lipinski definition) is 0. The lowest BCUT2D eigenvalue weighted by Crippen LogP contribution is -2.13. The zero-order chi connectivity index (χ0) is 22.3. The van der Waals surface area contributed by atoms with Crippen LogP contribution in [-0.2, 0) is 4.79 Å². The highest BCUT2D eigenvalue weighted by Gasteiger charge is 2.31. The molecule has 3 aromatic rings. The van der Waals surface area contributed by atoms with Gasteiger partial charge in [0.15, 0.2) is 5.75 Å². The summed E-state index contributed by atoms with van der Waals surface area (Å²) in [6.07, 6.45) is 4.42. The van der Waals surface area contributed by atoms with Crippen LogP contribution in [0, 0.1) is 13.8 Å². The molecule has 0 bridgehead atoms. The summed E-state index contributed by atoms with van der Waals surface area (Å²) in [4.78, 5) is 12.7. The van der Waals surface area contributed by atoms with Gasteiger partial charge in [0, 0.05) is 18.1 Å². The summed E-state index contributed by atoms with van der Waals surface area (Å²) in [5, 5.41) is 1.41. The van der Waals surface area contributed by atoms with Crippen molar-refractivity contribution < 1.29 is 14.3 Å². The van der Waals surface area contributed by atoms with Crippen molar-refractivity contribution in [2.45, 2.75) is 52.4 Å². The molecule has 1 aromatic heterocycles. The molecule has 0 unspecified atom stereocenters. The molecule has 0 N–H and O–H groups in total. The molecule has 4 nitrogen and oxygen atoms in total. The van der Waals surface area contributed by atoms with Crippen LogP contribution < -0.4 is 9.47 Å². The lowest BCUT2D eigenvalue weighted by Gasteiger charge is -2.18. The normalized spacial score (nSPS) is 14.2. The molecular weight excluding hydrogens is 430 g/mol. The number of benzene rings is 2. The van der Waals surface area contributed by atoms with Gasteiger partial charge < -0.3 is 14.0 Å². The first kappa shape index (κ1) is 21.8. The molecule has 1 heterocycles. The van der Waals surface area contributed by atoms with E-state index in [1.807, 2.05) is 48.7 Å². The van der Waals surface area contributed by atoms with Gasteiger partial charge in [0.05, 0.1) is 28.7 Å². The number of ether oxygens (including phenoxy) is 2. The van der Waals surface area contributed by atoms with Crippen LogP contribution >= 0.6 is 23.8 Å². The van der Waals surface area contributed by atoms with Gasteiger partial charge in [0.1, 0.15) is 10.7 Å². The van der Waals surface area contributed by atoms with E-state index in [0.717, 1.165) is 59.0 Å². The predicted molar refractivity (Wildman–Crippen MR) is 129 cm³/mol. The Morgan fingerprint density at radius 2 is 1.77 bits per heavy atom. The number of rotatable bonds is 4. The van der Waals surface area contributed by atoms with Crippen LogP contribution in [0.25, 0.3) is 10.9 Å². The summed E-state index contributed by atoms with van der Waals surface area (Å²) in [5.74, 6) is 1.13. The molecule has 162 valence electrons. The molecule has 0 aliphatic heterocycles. The lowest BCUT2D eigenvalue weighted by atomic mass is 9.92. The quantitative estimate of drug-likeness (QED) is 0.323. The second-order valence-electron chi connectivity index (χ2n) is 8.20. The van der Waals surface area contributed by atoms with Crippen molar-refractivity contribution in [2.24, 2.45) is 0 Å². The fourth-order valence-corrected chi connectivity index (χ4v) is 5.34. The van der Waals surface area contributed by atoms with Crippen molar-refractivity contribution in [3.63, 3.8) is 0 Å². The first-order chi connectivity index (χ1) is 14.8. The summed E-state index contributed by atoms with van der Waals surface area (Å²) >= 11 is 12.6. The van der Waals surface area contributed by atoms with E-state index in [0.29, 0.717) is 27.4 Å². The number of methoxy groups -OCH3 is 1. The third-order valence-electron chi connectivity index (χ3n) is 6.10. The topological polar surface area (TPSA) is 40.5 Å². The van der Waals surface area contributed by atoms with E-state index in [1.165, 1.54) is 6.92 Å². The van der Waals surface area contributed by atoms with Crippen molar-refractivity contribution in [1.82, 2.24) is 4.57 Å². The van der Waals surface area contributed by atoms with Gasteiger partial charge in [0.25, 0.3) is 0 Å². The predicted octanol–water partition coefficient (Wildman–Crippen LogP) is 6.73. The minimum Gasteiger partial charge on any atom is -0.495 e. The monoisotopic (exact) mass is 455 g/mol. The van der Waals surface area contributed by atoms with Crippen molar-refractivity contribution in [1.29, 1.82) is 0 Å². The van der Waals surface area contributed by atoms with Crippen LogP contribution in [-0.4, -0.2) is 22.6 Å². The van der Waals surface area contributed by atoms with Gasteiger partial charge in [0.2, 0.25) is 0 Å². The van der Waals surface area contributed by atoms with Crippen molar-refractivity contribution in [3.05, 3.63) is 57.7 Å². The maximum absolute atomic E-state index is 12.0. The number of carbonyl (C=O) groups is 1. The van der Waals surface area contributed by atoms with E-state index in [4.69, 9.17) is 33.3 Å². The summed E-state index contributed by atoms with van der Waals surface area (Å²) in [6, 6.07) is 9.97. The standard InChI is InChI=1S/C25H26ClNO3S/c1-14-9-11-18(12-10-14)25(31)27-15(2)23(30-16(3)28)22-20(27)13-19(26)24(29-4)21(22)17-7-5-6-8-17/h9-13,17H,5-8H2,1-4H3. The molecule has 0 atom stereocenters. The molecule has 1 aliphatic carbocycles. The van der Waals surface area contributed by atoms with Gasteiger partial charge in [-0.3, -0.25) is 4.79 Å². The van der Waals surface area contributed by atoms with Crippen LogP contribution in [0.1, 0.15) is 60.9 Å². The number of aryl methyl sites for hydroxylation is 1. The summed E-state index contributed by atoms with van der Waals surface area (Å²) in [5.41, 5.74) is 4.72. The number of carbonyl (C=O) groups excluding carboxylic acids is 1. The molecule has 4 rings (SSSR count). The Balaban J connectivity index is 2.06. The SMILES string of the molecule is COc1c(Cl)cc2c(c(OC(C)=O)c(C)n2C(=S)c2ccc(C)cc2)c1C1CCCC1. The molecule has 2 aromatic carbocycles. The average molecular weight is 456 g/mol. The van der Waals surface area contributed by atoms with Crippen molar-refractivity contribution >= 4 is 45.7 Å². The molecule has 1 saturated carbocycles. The Morgan fingerprint density at radius 1 is 1.13 bits per heavy atom. The number of halogens is 1. The van der Waals surface area contributed by atoms with E-state index >= 15 is 0 Å². The summed E-state index contributed by atoms with van der Waals surface area (Å²) in [7, 11) is 1.64. The maximum atomic E-state index is 12.0. The zero-order valence-electron chi connectivity index (χ0n) is 18.3. The van der Waals surface area contributed by atoms with E-state index in [1.54, 1.807) is 7.11 Å². The van der Waals surface area contributed by atoms with E-state index in [9.17, 15) is 4.79 Å². The minimum absolute atomic E-state index is 0.300. The number of esters is 1. The van der Waals surface area contributed by atoms with Crippen LogP contribution in [0.4, 0.5) is 0 Å². The fraction of sp³-hybridized carbons (Fsp3) is 0.360. The van der Waals surface area contributed by atoms with E-state index < -0.39 is 0 Å². The Labute approximate surface area is 193 Å². The number of nitrogens with zero attached hydrogens (tertiary/aromatic N) is 1. The number of thiocarbonyl (C=S) groups is 1. The van der Waals surface area contributed by atoms with E-state index in [2.05, 4.69) is 0 Å². The Kier molecular flexibility index (Phi) is 6.09. The van der Waals surface area contributed by atoms with Gasteiger partial charge in [-0.15, -0.1) is 0 Å². The molecule has 1 aliphatic rings. The highest BCUT2D eigenvalue weighted by Crippen LogP contribution is 2.50. The maximum Gasteiger partial charge on any atom is 0.308 e. The first-order valence-corrected chi connectivity index (χ1v) is 11.3. The van der Waals surface area contributed by atoms with Gasteiger partial charge in [-0.25, -0.2) is 0 Å². The molecule has 0 saturated heterocycles. The van der Waals surface area contributed by atoms with Crippen LogP contribution in [0.5, 0.6) is 11.5 Å². The van der Waals surface area contributed by atoms with Crippen molar-refractivity contribution in [3.8, 4) is 11.5 Å². The third-order valence-corrected chi connectivity index (χ3v) is 6.80. The molecular formula is C25H26ClNO3S. The number of aromatic nitrogens is 1. The molecule has 1 fully saturated rings. The summed E-state index contributed by atoms with van der Waals surface area (Å²) < 4.78 is 13.5. The Morgan fingerprint density at radius 3 is 2.35 bits per heavy atom. The largest absolute Gasteiger partial charge is 0.495 e. The van der Waals surface area contributed by atoms with Gasteiger partial charge in [-0.05, 0) is 38.7 Å². The van der Waals surface area contributed by atoms with E-state index in [-0.39, 0.29) is 5.97 Å². The third kappa shape index (κ3) is 3.85. The smallest absolute Gasteiger partial charge is 0.308 e. The van der Waals surface area contributed by atoms with Gasteiger partial charge >= 0.3 is 5.97 Å². The molecule has 0 radical (unpaired) electrons. The Bertz CT molecular complexity index is 1170. The molecule has 0 amide bonds. The number of fused-ring (bicyclic) bond motifs is 1. The highest BCUT2D eigenvalue weighted by atomic mass is 35.5.